The molecule has 0 saturated carbocycles. The zero-order valence-corrected chi connectivity index (χ0v) is 17.7. The highest BCUT2D eigenvalue weighted by Gasteiger charge is 2.23. The normalized spacial score (nSPS) is 11.8. The van der Waals surface area contributed by atoms with Crippen molar-refractivity contribution in [2.45, 2.75) is 26.4 Å². The summed E-state index contributed by atoms with van der Waals surface area (Å²) in [6, 6.07) is 19.0. The zero-order valence-electron chi connectivity index (χ0n) is 17.7. The molecule has 2 aromatic carbocycles. The number of anilines is 2. The predicted molar refractivity (Wildman–Crippen MR) is 122 cm³/mol. The Kier molecular flexibility index (Phi) is 7.04. The number of hydrogen-bond acceptors (Lipinski definition) is 5. The van der Waals surface area contributed by atoms with Crippen LogP contribution in [-0.2, 0) is 11.3 Å². The maximum absolute atomic E-state index is 12.9. The van der Waals surface area contributed by atoms with Crippen LogP contribution in [0.25, 0.3) is 0 Å². The van der Waals surface area contributed by atoms with Crippen LogP contribution in [0.1, 0.15) is 31.0 Å². The Morgan fingerprint density at radius 2 is 1.71 bits per heavy atom. The highest BCUT2D eigenvalue weighted by Crippen LogP contribution is 2.18. The van der Waals surface area contributed by atoms with E-state index in [1.165, 1.54) is 9.47 Å². The number of nitrogens with two attached hydrogens (primary N) is 1. The van der Waals surface area contributed by atoms with Gasteiger partial charge in [0.1, 0.15) is 5.82 Å². The van der Waals surface area contributed by atoms with Crippen molar-refractivity contribution < 1.29 is 4.79 Å². The lowest BCUT2D eigenvalue weighted by Crippen LogP contribution is -2.44. The van der Waals surface area contributed by atoms with E-state index in [2.05, 4.69) is 10.3 Å². The third kappa shape index (κ3) is 5.10. The van der Waals surface area contributed by atoms with E-state index in [4.69, 9.17) is 5.73 Å². The average molecular weight is 422 g/mol. The SMILES string of the molecule is CCN(C(=O)CN[C@H](C)c1ccccc1)c1c(N)n(Cc2ccccc2)c(=O)[nH]c1=O. The molecule has 0 fully saturated rings. The first-order valence-electron chi connectivity index (χ1n) is 10.2. The average Bonchev–Trinajstić information content (AvgIpc) is 2.78. The number of carbonyl (C=O) groups excluding carboxylic acids is 1. The van der Waals surface area contributed by atoms with Crippen molar-refractivity contribution in [3.8, 4) is 0 Å². The molecule has 8 nitrogen and oxygen atoms in total. The third-order valence-corrected chi connectivity index (χ3v) is 5.14. The Labute approximate surface area is 180 Å². The van der Waals surface area contributed by atoms with Crippen molar-refractivity contribution in [2.24, 2.45) is 0 Å². The van der Waals surface area contributed by atoms with Crippen molar-refractivity contribution in [1.29, 1.82) is 0 Å². The number of nitrogens with one attached hydrogen (secondary N) is 2. The van der Waals surface area contributed by atoms with Gasteiger partial charge in [-0.05, 0) is 25.0 Å². The molecule has 3 aromatic rings. The molecule has 0 saturated heterocycles. The lowest BCUT2D eigenvalue weighted by atomic mass is 10.1. The van der Waals surface area contributed by atoms with Crippen LogP contribution in [0.2, 0.25) is 0 Å². The molecule has 0 aliphatic carbocycles. The van der Waals surface area contributed by atoms with Crippen LogP contribution in [-0.4, -0.2) is 28.5 Å². The van der Waals surface area contributed by atoms with Crippen molar-refractivity contribution in [1.82, 2.24) is 14.9 Å². The van der Waals surface area contributed by atoms with Gasteiger partial charge in [0.25, 0.3) is 5.56 Å². The molecule has 0 bridgehead atoms. The Morgan fingerprint density at radius 3 is 2.32 bits per heavy atom. The number of aromatic nitrogens is 2. The van der Waals surface area contributed by atoms with E-state index >= 15 is 0 Å². The second-order valence-electron chi connectivity index (χ2n) is 7.22. The minimum atomic E-state index is -0.682. The molecule has 4 N–H and O–H groups in total. The van der Waals surface area contributed by atoms with Crippen LogP contribution in [0.5, 0.6) is 0 Å². The van der Waals surface area contributed by atoms with Gasteiger partial charge < -0.3 is 16.0 Å². The molecular formula is C23H27N5O3. The van der Waals surface area contributed by atoms with Gasteiger partial charge in [-0.15, -0.1) is 0 Å². The van der Waals surface area contributed by atoms with E-state index in [1.54, 1.807) is 6.92 Å². The van der Waals surface area contributed by atoms with E-state index in [0.717, 1.165) is 11.1 Å². The molecular weight excluding hydrogens is 394 g/mol. The van der Waals surface area contributed by atoms with E-state index in [-0.39, 0.29) is 43.1 Å². The number of carbonyl (C=O) groups is 1. The zero-order chi connectivity index (χ0) is 22.4. The van der Waals surface area contributed by atoms with Crippen LogP contribution >= 0.6 is 0 Å². The number of likely N-dealkylation sites (N-methyl/N-ethyl adjacent to an activating group) is 1. The van der Waals surface area contributed by atoms with Gasteiger partial charge in [0.2, 0.25) is 5.91 Å². The smallest absolute Gasteiger partial charge is 0.330 e. The summed E-state index contributed by atoms with van der Waals surface area (Å²) in [6.07, 6.45) is 0. The lowest BCUT2D eigenvalue weighted by Gasteiger charge is -2.24. The number of H-pyrrole nitrogens is 1. The Bertz CT molecular complexity index is 1140. The first kappa shape index (κ1) is 22.0. The molecule has 1 amide bonds. The van der Waals surface area contributed by atoms with E-state index < -0.39 is 11.2 Å². The lowest BCUT2D eigenvalue weighted by molar-refractivity contribution is -0.117. The van der Waals surface area contributed by atoms with Crippen LogP contribution in [0, 0.1) is 0 Å². The Morgan fingerprint density at radius 1 is 1.10 bits per heavy atom. The highest BCUT2D eigenvalue weighted by molar-refractivity contribution is 5.96. The van der Waals surface area contributed by atoms with Gasteiger partial charge >= 0.3 is 5.69 Å². The maximum atomic E-state index is 12.9. The number of benzene rings is 2. The van der Waals surface area contributed by atoms with Crippen LogP contribution < -0.4 is 27.2 Å². The molecule has 1 atom stereocenters. The summed E-state index contributed by atoms with van der Waals surface area (Å²) < 4.78 is 1.27. The van der Waals surface area contributed by atoms with Crippen molar-refractivity contribution in [3.63, 3.8) is 0 Å². The van der Waals surface area contributed by atoms with Gasteiger partial charge in [-0.2, -0.15) is 0 Å². The monoisotopic (exact) mass is 421 g/mol. The largest absolute Gasteiger partial charge is 0.383 e. The molecule has 0 unspecified atom stereocenters. The quantitative estimate of drug-likeness (QED) is 0.514. The fraction of sp³-hybridized carbons (Fsp3) is 0.261. The summed E-state index contributed by atoms with van der Waals surface area (Å²) in [7, 11) is 0. The van der Waals surface area contributed by atoms with Crippen molar-refractivity contribution in [3.05, 3.63) is 92.6 Å². The van der Waals surface area contributed by atoms with Gasteiger partial charge in [-0.25, -0.2) is 4.79 Å². The Balaban J connectivity index is 1.85. The van der Waals surface area contributed by atoms with E-state index in [0.29, 0.717) is 0 Å². The topological polar surface area (TPSA) is 113 Å². The first-order chi connectivity index (χ1) is 14.9. The number of hydrogen-bond donors (Lipinski definition) is 3. The van der Waals surface area contributed by atoms with E-state index in [1.807, 2.05) is 67.6 Å². The fourth-order valence-corrected chi connectivity index (χ4v) is 3.42. The second-order valence-corrected chi connectivity index (χ2v) is 7.22. The fourth-order valence-electron chi connectivity index (χ4n) is 3.42. The molecule has 1 aromatic heterocycles. The standard InChI is InChI=1S/C23H27N5O3/c1-3-27(19(29)14-25-16(2)18-12-8-5-9-13-18)20-21(24)28(23(31)26-22(20)30)15-17-10-6-4-7-11-17/h4-13,16,25H,3,14-15,24H2,1-2H3,(H,26,30,31)/t16-/m1/s1. The van der Waals surface area contributed by atoms with Gasteiger partial charge in [0.05, 0.1) is 13.1 Å². The third-order valence-electron chi connectivity index (χ3n) is 5.14. The number of amides is 1. The molecule has 1 heterocycles. The molecule has 0 aliphatic heterocycles. The van der Waals surface area contributed by atoms with Gasteiger partial charge in [0.15, 0.2) is 5.69 Å². The van der Waals surface area contributed by atoms with Crippen molar-refractivity contribution >= 4 is 17.4 Å². The van der Waals surface area contributed by atoms with Crippen molar-refractivity contribution in [2.75, 3.05) is 23.7 Å². The molecule has 3 rings (SSSR count). The van der Waals surface area contributed by atoms with Crippen LogP contribution in [0.3, 0.4) is 0 Å². The van der Waals surface area contributed by atoms with Gasteiger partial charge in [-0.1, -0.05) is 60.7 Å². The molecule has 0 aliphatic rings. The summed E-state index contributed by atoms with van der Waals surface area (Å²) in [6.45, 7) is 4.14. The number of nitrogen functional groups attached to an aromatic ring is 1. The highest BCUT2D eigenvalue weighted by atomic mass is 16.2. The number of nitrogens with zero attached hydrogens (tertiary/aromatic N) is 2. The van der Waals surface area contributed by atoms with Gasteiger partial charge in [0, 0.05) is 12.6 Å². The molecule has 0 spiro atoms. The molecule has 162 valence electrons. The summed E-state index contributed by atoms with van der Waals surface area (Å²) in [5, 5.41) is 3.18. The maximum Gasteiger partial charge on any atom is 0.330 e. The second kappa shape index (κ2) is 9.90. The summed E-state index contributed by atoms with van der Waals surface area (Å²) >= 11 is 0. The summed E-state index contributed by atoms with van der Waals surface area (Å²) in [4.78, 5) is 41.5. The number of rotatable bonds is 8. The molecule has 8 heteroatoms. The van der Waals surface area contributed by atoms with Crippen LogP contribution in [0.4, 0.5) is 11.5 Å². The minimum absolute atomic E-state index is 0.0145. The van der Waals surface area contributed by atoms with E-state index in [9.17, 15) is 14.4 Å². The molecule has 31 heavy (non-hydrogen) atoms. The summed E-state index contributed by atoms with van der Waals surface area (Å²) in [5.74, 6) is -0.351. The molecule has 0 radical (unpaired) electrons. The Hall–Kier alpha value is -3.65. The first-order valence-corrected chi connectivity index (χ1v) is 10.2. The predicted octanol–water partition coefficient (Wildman–Crippen LogP) is 1.87. The number of aromatic amines is 1. The van der Waals surface area contributed by atoms with Gasteiger partial charge in [-0.3, -0.25) is 19.1 Å². The van der Waals surface area contributed by atoms with Crippen LogP contribution in [0.15, 0.2) is 70.3 Å². The minimum Gasteiger partial charge on any atom is -0.383 e. The summed E-state index contributed by atoms with van der Waals surface area (Å²) in [5.41, 5.74) is 6.81.